The lowest BCUT2D eigenvalue weighted by Gasteiger charge is -2.25. The number of nitrogen functional groups attached to an aromatic ring is 1. The lowest BCUT2D eigenvalue weighted by molar-refractivity contribution is 0.253. The first-order chi connectivity index (χ1) is 9.97. The van der Waals surface area contributed by atoms with E-state index < -0.39 is 0 Å². The van der Waals surface area contributed by atoms with E-state index in [4.69, 9.17) is 22.7 Å². The number of amidine groups is 1. The molecule has 3 nitrogen and oxygen atoms in total. The zero-order valence-corrected chi connectivity index (χ0v) is 13.1. The highest BCUT2D eigenvalue weighted by Crippen LogP contribution is 2.22. The second-order valence-electron chi connectivity index (χ2n) is 5.25. The van der Waals surface area contributed by atoms with Crippen LogP contribution in [-0.4, -0.2) is 17.8 Å². The first-order valence-corrected chi connectivity index (χ1v) is 7.24. The van der Waals surface area contributed by atoms with E-state index in [2.05, 4.69) is 31.0 Å². The van der Waals surface area contributed by atoms with Crippen molar-refractivity contribution in [3.05, 3.63) is 70.2 Å². The predicted molar refractivity (Wildman–Crippen MR) is 88.8 cm³/mol. The van der Waals surface area contributed by atoms with Gasteiger partial charge in [0.2, 0.25) is 0 Å². The highest BCUT2D eigenvalue weighted by molar-refractivity contribution is 6.30. The maximum atomic E-state index is 7.40. The molecule has 21 heavy (non-hydrogen) atoms. The topological polar surface area (TPSA) is 53.1 Å². The molecule has 0 amide bonds. The van der Waals surface area contributed by atoms with Crippen molar-refractivity contribution in [2.24, 2.45) is 5.73 Å². The average Bonchev–Trinajstić information content (AvgIpc) is 2.47. The Labute approximate surface area is 130 Å². The van der Waals surface area contributed by atoms with Gasteiger partial charge >= 0.3 is 0 Å². The van der Waals surface area contributed by atoms with Crippen LogP contribution >= 0.6 is 11.6 Å². The van der Waals surface area contributed by atoms with Crippen molar-refractivity contribution in [1.82, 2.24) is 4.90 Å². The number of hydrogen-bond acceptors (Lipinski definition) is 2. The van der Waals surface area contributed by atoms with Crippen molar-refractivity contribution in [1.29, 1.82) is 5.41 Å². The smallest absolute Gasteiger partial charge is 0.122 e. The summed E-state index contributed by atoms with van der Waals surface area (Å²) in [7, 11) is 2.10. The summed E-state index contributed by atoms with van der Waals surface area (Å²) in [6.07, 6.45) is 0. The van der Waals surface area contributed by atoms with Gasteiger partial charge in [-0.05, 0) is 37.2 Å². The van der Waals surface area contributed by atoms with Crippen LogP contribution in [-0.2, 0) is 6.54 Å². The van der Waals surface area contributed by atoms with E-state index in [-0.39, 0.29) is 5.84 Å². The summed E-state index contributed by atoms with van der Waals surface area (Å²) in [6.45, 7) is 3.01. The molecule has 0 radical (unpaired) electrons. The molecule has 0 saturated carbocycles. The van der Waals surface area contributed by atoms with E-state index in [1.165, 1.54) is 11.1 Å². The van der Waals surface area contributed by atoms with Crippen LogP contribution in [0.4, 0.5) is 0 Å². The number of nitrogens with one attached hydrogen (secondary N) is 1. The second kappa shape index (κ2) is 6.74. The molecule has 0 aromatic heterocycles. The molecule has 1 atom stereocenters. The third kappa shape index (κ3) is 4.06. The normalized spacial score (nSPS) is 12.4. The largest absolute Gasteiger partial charge is 0.384 e. The predicted octanol–water partition coefficient (Wildman–Crippen LogP) is 3.82. The first-order valence-electron chi connectivity index (χ1n) is 6.86. The Bertz CT molecular complexity index is 605. The van der Waals surface area contributed by atoms with Crippen molar-refractivity contribution < 1.29 is 0 Å². The number of benzene rings is 2. The van der Waals surface area contributed by atoms with Crippen LogP contribution in [0.15, 0.2) is 48.5 Å². The molecular formula is C17H20ClN3. The minimum atomic E-state index is 0.101. The SMILES string of the molecule is CC(c1ccc(Cl)cc1)N(C)Cc1ccc(C(=N)N)cc1. The van der Waals surface area contributed by atoms with E-state index in [9.17, 15) is 0 Å². The second-order valence-corrected chi connectivity index (χ2v) is 5.69. The number of nitrogens with two attached hydrogens (primary N) is 1. The van der Waals surface area contributed by atoms with Crippen LogP contribution in [0.5, 0.6) is 0 Å². The molecule has 3 N–H and O–H groups in total. The molecule has 2 rings (SSSR count). The van der Waals surface area contributed by atoms with Gasteiger partial charge in [-0.3, -0.25) is 10.3 Å². The highest BCUT2D eigenvalue weighted by Gasteiger charge is 2.12. The van der Waals surface area contributed by atoms with Gasteiger partial charge in [-0.25, -0.2) is 0 Å². The molecular weight excluding hydrogens is 282 g/mol. The van der Waals surface area contributed by atoms with Gasteiger partial charge in [0.1, 0.15) is 5.84 Å². The lowest BCUT2D eigenvalue weighted by Crippen LogP contribution is -2.22. The molecule has 2 aromatic rings. The summed E-state index contributed by atoms with van der Waals surface area (Å²) in [5, 5.41) is 8.16. The summed E-state index contributed by atoms with van der Waals surface area (Å²) in [4.78, 5) is 2.27. The van der Waals surface area contributed by atoms with E-state index >= 15 is 0 Å². The Morgan fingerprint density at radius 3 is 2.24 bits per heavy atom. The monoisotopic (exact) mass is 301 g/mol. The Balaban J connectivity index is 2.04. The summed E-state index contributed by atoms with van der Waals surface area (Å²) in [5.74, 6) is 0.101. The van der Waals surface area contributed by atoms with Gasteiger partial charge in [-0.1, -0.05) is 48.0 Å². The van der Waals surface area contributed by atoms with Crippen LogP contribution in [0.3, 0.4) is 0 Å². The molecule has 1 unspecified atom stereocenters. The molecule has 0 aliphatic heterocycles. The number of rotatable bonds is 5. The molecule has 0 aliphatic rings. The standard InChI is InChI=1S/C17H20ClN3/c1-12(14-7-9-16(18)10-8-14)21(2)11-13-3-5-15(6-4-13)17(19)20/h3-10,12H,11H2,1-2H3,(H3,19,20). The maximum Gasteiger partial charge on any atom is 0.122 e. The molecule has 110 valence electrons. The molecule has 0 spiro atoms. The molecule has 0 aliphatic carbocycles. The van der Waals surface area contributed by atoms with E-state index in [1.54, 1.807) is 0 Å². The van der Waals surface area contributed by atoms with Crippen molar-refractivity contribution >= 4 is 17.4 Å². The molecule has 0 saturated heterocycles. The Morgan fingerprint density at radius 2 is 1.71 bits per heavy atom. The highest BCUT2D eigenvalue weighted by atomic mass is 35.5. The summed E-state index contributed by atoms with van der Waals surface area (Å²) in [5.41, 5.74) is 8.66. The third-order valence-electron chi connectivity index (χ3n) is 3.71. The summed E-state index contributed by atoms with van der Waals surface area (Å²) in [6, 6.07) is 16.1. The fraction of sp³-hybridized carbons (Fsp3) is 0.235. The van der Waals surface area contributed by atoms with E-state index in [0.717, 1.165) is 17.1 Å². The fourth-order valence-electron chi connectivity index (χ4n) is 2.21. The van der Waals surface area contributed by atoms with Gasteiger partial charge in [-0.15, -0.1) is 0 Å². The zero-order valence-electron chi connectivity index (χ0n) is 12.3. The quantitative estimate of drug-likeness (QED) is 0.651. The summed E-state index contributed by atoms with van der Waals surface area (Å²) < 4.78 is 0. The minimum Gasteiger partial charge on any atom is -0.384 e. The third-order valence-corrected chi connectivity index (χ3v) is 3.96. The Morgan fingerprint density at radius 1 is 1.14 bits per heavy atom. The number of nitrogens with zero attached hydrogens (tertiary/aromatic N) is 1. The van der Waals surface area contributed by atoms with Crippen molar-refractivity contribution in [3.8, 4) is 0 Å². The lowest BCUT2D eigenvalue weighted by atomic mass is 10.1. The Kier molecular flexibility index (Phi) is 4.99. The zero-order chi connectivity index (χ0) is 15.4. The van der Waals surface area contributed by atoms with Crippen LogP contribution in [0.2, 0.25) is 5.02 Å². The maximum absolute atomic E-state index is 7.40. The first kappa shape index (κ1) is 15.5. The number of halogens is 1. The molecule has 2 aromatic carbocycles. The van der Waals surface area contributed by atoms with Crippen molar-refractivity contribution in [3.63, 3.8) is 0 Å². The van der Waals surface area contributed by atoms with Gasteiger partial charge in [0, 0.05) is 23.2 Å². The molecule has 0 fully saturated rings. The molecule has 0 bridgehead atoms. The van der Waals surface area contributed by atoms with Gasteiger partial charge < -0.3 is 5.73 Å². The van der Waals surface area contributed by atoms with Crippen LogP contribution in [0, 0.1) is 5.41 Å². The van der Waals surface area contributed by atoms with E-state index in [0.29, 0.717) is 6.04 Å². The number of hydrogen-bond donors (Lipinski definition) is 2. The van der Waals surface area contributed by atoms with Gasteiger partial charge in [-0.2, -0.15) is 0 Å². The van der Waals surface area contributed by atoms with Gasteiger partial charge in [0.15, 0.2) is 0 Å². The van der Waals surface area contributed by atoms with Crippen LogP contribution < -0.4 is 5.73 Å². The molecule has 0 heterocycles. The molecule has 4 heteroatoms. The van der Waals surface area contributed by atoms with Gasteiger partial charge in [0.25, 0.3) is 0 Å². The van der Waals surface area contributed by atoms with Crippen LogP contribution in [0.1, 0.15) is 29.7 Å². The Hall–Kier alpha value is -1.84. The van der Waals surface area contributed by atoms with Gasteiger partial charge in [0.05, 0.1) is 0 Å². The van der Waals surface area contributed by atoms with Crippen LogP contribution in [0.25, 0.3) is 0 Å². The minimum absolute atomic E-state index is 0.101. The summed E-state index contributed by atoms with van der Waals surface area (Å²) >= 11 is 5.92. The average molecular weight is 302 g/mol. The van der Waals surface area contributed by atoms with Crippen molar-refractivity contribution in [2.75, 3.05) is 7.05 Å². The van der Waals surface area contributed by atoms with Crippen molar-refractivity contribution in [2.45, 2.75) is 19.5 Å². The fourth-order valence-corrected chi connectivity index (χ4v) is 2.34. The van der Waals surface area contributed by atoms with E-state index in [1.807, 2.05) is 36.4 Å².